The van der Waals surface area contributed by atoms with E-state index in [4.69, 9.17) is 4.74 Å². The van der Waals surface area contributed by atoms with Crippen LogP contribution in [-0.2, 0) is 11.3 Å². The average molecular weight is 340 g/mol. The summed E-state index contributed by atoms with van der Waals surface area (Å²) in [6.07, 6.45) is 1.35. The van der Waals surface area contributed by atoms with Crippen LogP contribution in [0.5, 0.6) is 5.75 Å². The zero-order chi connectivity index (χ0) is 17.8. The Bertz CT molecular complexity index is 740. The predicted octanol–water partition coefficient (Wildman–Crippen LogP) is 3.88. The van der Waals surface area contributed by atoms with E-state index in [1.807, 2.05) is 50.2 Å². The van der Waals surface area contributed by atoms with Crippen molar-refractivity contribution in [3.05, 3.63) is 59.2 Å². The van der Waals surface area contributed by atoms with E-state index >= 15 is 0 Å². The Balaban J connectivity index is 1.41. The van der Waals surface area contributed by atoms with Gasteiger partial charge in [-0.25, -0.2) is 4.79 Å². The van der Waals surface area contributed by atoms with Crippen molar-refractivity contribution in [2.45, 2.75) is 45.4 Å². The normalized spacial score (nSPS) is 19.0. The molecule has 0 atom stereocenters. The standard InChI is InChI=1S/C20H24N2O3/c1-13-9-19(23)14(2)8-18(13)21-16-10-17(11-16)22-20(24)25-12-15-6-4-3-5-7-15/h3-9,16-17,21,23H,10-12H2,1-2H3,(H,22,24). The van der Waals surface area contributed by atoms with Crippen molar-refractivity contribution >= 4 is 11.8 Å². The summed E-state index contributed by atoms with van der Waals surface area (Å²) in [4.78, 5) is 11.8. The Morgan fingerprint density at radius 1 is 1.12 bits per heavy atom. The second-order valence-corrected chi connectivity index (χ2v) is 6.67. The van der Waals surface area contributed by atoms with Gasteiger partial charge in [-0.2, -0.15) is 0 Å². The first-order chi connectivity index (χ1) is 12.0. The number of rotatable bonds is 5. The van der Waals surface area contributed by atoms with Crippen molar-refractivity contribution in [1.82, 2.24) is 5.32 Å². The van der Waals surface area contributed by atoms with E-state index in [2.05, 4.69) is 10.6 Å². The molecule has 25 heavy (non-hydrogen) atoms. The van der Waals surface area contributed by atoms with E-state index in [-0.39, 0.29) is 18.7 Å². The molecule has 3 N–H and O–H groups in total. The number of carbonyl (C=O) groups excluding carboxylic acids is 1. The molecule has 3 rings (SSSR count). The van der Waals surface area contributed by atoms with E-state index in [1.54, 1.807) is 6.07 Å². The topological polar surface area (TPSA) is 70.6 Å². The van der Waals surface area contributed by atoms with E-state index in [0.717, 1.165) is 35.2 Å². The Morgan fingerprint density at radius 3 is 2.56 bits per heavy atom. The molecule has 0 aromatic heterocycles. The molecule has 5 heteroatoms. The number of phenolic OH excluding ortho intramolecular Hbond substituents is 1. The highest BCUT2D eigenvalue weighted by Crippen LogP contribution is 2.29. The van der Waals surface area contributed by atoms with Gasteiger partial charge in [0.1, 0.15) is 12.4 Å². The molecule has 1 amide bonds. The molecule has 0 spiro atoms. The third kappa shape index (κ3) is 4.44. The number of amides is 1. The quantitative estimate of drug-likeness (QED) is 0.723. The SMILES string of the molecule is Cc1cc(NC2CC(NC(=O)OCc3ccccc3)C2)c(C)cc1O. The smallest absolute Gasteiger partial charge is 0.407 e. The second kappa shape index (κ2) is 7.47. The molecule has 5 nitrogen and oxygen atoms in total. The van der Waals surface area contributed by atoms with Crippen molar-refractivity contribution in [1.29, 1.82) is 0 Å². The Labute approximate surface area is 148 Å². The van der Waals surface area contributed by atoms with Crippen molar-refractivity contribution in [3.63, 3.8) is 0 Å². The lowest BCUT2D eigenvalue weighted by atomic mass is 9.86. The molecule has 0 aliphatic heterocycles. The lowest BCUT2D eigenvalue weighted by Crippen LogP contribution is -2.49. The number of carbonyl (C=O) groups is 1. The van der Waals surface area contributed by atoms with E-state index in [1.165, 1.54) is 0 Å². The van der Waals surface area contributed by atoms with Crippen LogP contribution in [0.15, 0.2) is 42.5 Å². The van der Waals surface area contributed by atoms with Gasteiger partial charge in [-0.05, 0) is 55.5 Å². The fourth-order valence-electron chi connectivity index (χ4n) is 2.96. The molecule has 1 aliphatic rings. The minimum Gasteiger partial charge on any atom is -0.508 e. The number of benzene rings is 2. The maximum atomic E-state index is 11.8. The van der Waals surface area contributed by atoms with Gasteiger partial charge in [0.05, 0.1) is 0 Å². The van der Waals surface area contributed by atoms with Crippen LogP contribution in [0, 0.1) is 13.8 Å². The van der Waals surface area contributed by atoms with Crippen LogP contribution in [0.2, 0.25) is 0 Å². The van der Waals surface area contributed by atoms with Gasteiger partial charge in [-0.15, -0.1) is 0 Å². The van der Waals surface area contributed by atoms with Gasteiger partial charge in [0.2, 0.25) is 0 Å². The van der Waals surface area contributed by atoms with E-state index < -0.39 is 0 Å². The highest BCUT2D eigenvalue weighted by molar-refractivity contribution is 5.68. The summed E-state index contributed by atoms with van der Waals surface area (Å²) >= 11 is 0. The molecule has 0 unspecified atom stereocenters. The molecule has 0 saturated heterocycles. The van der Waals surface area contributed by atoms with Gasteiger partial charge < -0.3 is 20.5 Å². The van der Waals surface area contributed by atoms with E-state index in [0.29, 0.717) is 11.8 Å². The molecule has 0 bridgehead atoms. The Hall–Kier alpha value is -2.69. The van der Waals surface area contributed by atoms with E-state index in [9.17, 15) is 9.90 Å². The summed E-state index contributed by atoms with van der Waals surface area (Å²) in [5.74, 6) is 0.317. The maximum absolute atomic E-state index is 11.8. The molecule has 2 aromatic rings. The largest absolute Gasteiger partial charge is 0.508 e. The highest BCUT2D eigenvalue weighted by atomic mass is 16.5. The minimum absolute atomic E-state index is 0.138. The average Bonchev–Trinajstić information content (AvgIpc) is 2.56. The summed E-state index contributed by atoms with van der Waals surface area (Å²) in [6, 6.07) is 13.8. The first-order valence-corrected chi connectivity index (χ1v) is 8.55. The van der Waals surface area contributed by atoms with Crippen LogP contribution in [0.25, 0.3) is 0 Å². The van der Waals surface area contributed by atoms with Crippen LogP contribution in [0.1, 0.15) is 29.5 Å². The summed E-state index contributed by atoms with van der Waals surface area (Å²) in [7, 11) is 0. The fraction of sp³-hybridized carbons (Fsp3) is 0.350. The molecular formula is C20H24N2O3. The molecule has 0 radical (unpaired) electrons. The Kier molecular flexibility index (Phi) is 5.12. The molecular weight excluding hydrogens is 316 g/mol. The maximum Gasteiger partial charge on any atom is 0.407 e. The fourth-order valence-corrected chi connectivity index (χ4v) is 2.96. The van der Waals surface area contributed by atoms with Crippen molar-refractivity contribution in [2.24, 2.45) is 0 Å². The third-order valence-electron chi connectivity index (χ3n) is 4.58. The summed E-state index contributed by atoms with van der Waals surface area (Å²) in [6.45, 7) is 4.14. The number of alkyl carbamates (subject to hydrolysis) is 1. The first kappa shape index (κ1) is 17.1. The van der Waals surface area contributed by atoms with Gasteiger partial charge in [0, 0.05) is 17.8 Å². The number of nitrogens with one attached hydrogen (secondary N) is 2. The second-order valence-electron chi connectivity index (χ2n) is 6.67. The predicted molar refractivity (Wildman–Crippen MR) is 97.8 cm³/mol. The zero-order valence-electron chi connectivity index (χ0n) is 14.6. The van der Waals surface area contributed by atoms with Crippen LogP contribution < -0.4 is 10.6 Å². The van der Waals surface area contributed by atoms with Gasteiger partial charge in [-0.1, -0.05) is 30.3 Å². The van der Waals surface area contributed by atoms with Crippen molar-refractivity contribution in [3.8, 4) is 5.75 Å². The summed E-state index contributed by atoms with van der Waals surface area (Å²) in [5, 5.41) is 16.1. The number of hydrogen-bond donors (Lipinski definition) is 3. The molecule has 1 aliphatic carbocycles. The monoisotopic (exact) mass is 340 g/mol. The lowest BCUT2D eigenvalue weighted by molar-refractivity contribution is 0.129. The molecule has 1 fully saturated rings. The lowest BCUT2D eigenvalue weighted by Gasteiger charge is -2.37. The first-order valence-electron chi connectivity index (χ1n) is 8.55. The van der Waals surface area contributed by atoms with Gasteiger partial charge in [0.25, 0.3) is 0 Å². The van der Waals surface area contributed by atoms with Gasteiger partial charge in [-0.3, -0.25) is 0 Å². The van der Waals surface area contributed by atoms with Gasteiger partial charge in [0.15, 0.2) is 0 Å². The van der Waals surface area contributed by atoms with Crippen LogP contribution in [0.4, 0.5) is 10.5 Å². The molecule has 1 saturated carbocycles. The zero-order valence-corrected chi connectivity index (χ0v) is 14.6. The number of aromatic hydroxyl groups is 1. The number of aryl methyl sites for hydroxylation is 2. The van der Waals surface area contributed by atoms with Crippen LogP contribution in [-0.4, -0.2) is 23.3 Å². The third-order valence-corrected chi connectivity index (χ3v) is 4.58. The number of anilines is 1. The number of hydrogen-bond acceptors (Lipinski definition) is 4. The van der Waals surface area contributed by atoms with Gasteiger partial charge >= 0.3 is 6.09 Å². The summed E-state index contributed by atoms with van der Waals surface area (Å²) < 4.78 is 5.24. The van der Waals surface area contributed by atoms with Crippen molar-refractivity contribution in [2.75, 3.05) is 5.32 Å². The number of phenols is 1. The molecule has 0 heterocycles. The highest BCUT2D eigenvalue weighted by Gasteiger charge is 2.31. The van der Waals surface area contributed by atoms with Crippen molar-refractivity contribution < 1.29 is 14.6 Å². The van der Waals surface area contributed by atoms with Crippen LogP contribution >= 0.6 is 0 Å². The number of ether oxygens (including phenoxy) is 1. The van der Waals surface area contributed by atoms with Crippen LogP contribution in [0.3, 0.4) is 0 Å². The molecule has 132 valence electrons. The Morgan fingerprint density at radius 2 is 1.84 bits per heavy atom. The summed E-state index contributed by atoms with van der Waals surface area (Å²) in [5.41, 5.74) is 3.88. The molecule has 2 aromatic carbocycles. The minimum atomic E-state index is -0.371.